The molecule has 0 aliphatic heterocycles. The summed E-state index contributed by atoms with van der Waals surface area (Å²) in [5, 5.41) is 46.9. The average Bonchev–Trinajstić information content (AvgIpc) is 1.43. The summed E-state index contributed by atoms with van der Waals surface area (Å²) in [5.41, 5.74) is 15.6. The molecule has 103 heavy (non-hydrogen) atoms. The van der Waals surface area contributed by atoms with Crippen molar-refractivity contribution in [3.05, 3.63) is 306 Å². The molecule has 0 aliphatic rings. The largest absolute Gasteiger partial charge is 0.331 e. The molecule has 17 rings (SSSR count). The Balaban J connectivity index is 0.000000117. The molecule has 0 amide bonds. The fourth-order valence-corrected chi connectivity index (χ4v) is 15.7. The maximum Gasteiger partial charge on any atom is 0.187 e. The Labute approximate surface area is 630 Å². The summed E-state index contributed by atoms with van der Waals surface area (Å²) in [5.74, 6) is 0. The lowest BCUT2D eigenvalue weighted by molar-refractivity contribution is 1.23. The third-order valence-electron chi connectivity index (χ3n) is 16.6. The maximum atomic E-state index is 6.20. The van der Waals surface area contributed by atoms with Crippen LogP contribution in [0.1, 0.15) is 55.0 Å². The van der Waals surface area contributed by atoms with E-state index < -0.39 is 0 Å². The summed E-state index contributed by atoms with van der Waals surface area (Å²) in [6, 6.07) is 76.8. The Bertz CT molecular complexity index is 5390. The minimum absolute atomic E-state index is 0.770. The first-order valence-electron chi connectivity index (χ1n) is 33.4. The number of thiazole rings is 6. The first kappa shape index (κ1) is 72.4. The topological polar surface area (TPSA) is 150 Å². The lowest BCUT2D eigenvalue weighted by Gasteiger charge is -2.08. The van der Waals surface area contributed by atoms with E-state index in [0.29, 0.717) is 0 Å². The summed E-state index contributed by atoms with van der Waals surface area (Å²) in [6.07, 6.45) is 0. The van der Waals surface area contributed by atoms with E-state index in [0.717, 1.165) is 115 Å². The number of fused-ring (bicyclic) bond motifs is 5. The van der Waals surface area contributed by atoms with Gasteiger partial charge in [0.2, 0.25) is 0 Å². The van der Waals surface area contributed by atoms with Crippen molar-refractivity contribution in [1.29, 1.82) is 0 Å². The van der Waals surface area contributed by atoms with Crippen molar-refractivity contribution in [3.63, 3.8) is 0 Å². The number of hydrogen-bond acceptors (Lipinski definition) is 18. The highest BCUT2D eigenvalue weighted by atomic mass is 35.5. The van der Waals surface area contributed by atoms with Crippen molar-refractivity contribution in [2.45, 2.75) is 69.2 Å². The molecular formula is C84H77ClN12S6. The molecule has 0 unspecified atom stereocenters. The number of halogens is 1. The zero-order valence-electron chi connectivity index (χ0n) is 58.7. The van der Waals surface area contributed by atoms with E-state index >= 15 is 0 Å². The summed E-state index contributed by atoms with van der Waals surface area (Å²) in [4.78, 5) is 29.2. The molecule has 0 bridgehead atoms. The second-order valence-electron chi connectivity index (χ2n) is 24.2. The Morgan fingerprint density at radius 3 is 0.845 bits per heavy atom. The van der Waals surface area contributed by atoms with Gasteiger partial charge in [-0.05, 0) is 144 Å². The van der Waals surface area contributed by atoms with Gasteiger partial charge in [0.25, 0.3) is 0 Å². The number of aryl methyl sites for hydroxylation is 9. The van der Waals surface area contributed by atoms with Gasteiger partial charge in [-0.3, -0.25) is 0 Å². The Morgan fingerprint density at radius 1 is 0.252 bits per heavy atom. The number of anilines is 12. The van der Waals surface area contributed by atoms with E-state index in [1.165, 1.54) is 64.0 Å². The number of nitrogens with one attached hydrogen (secondary N) is 6. The third kappa shape index (κ3) is 19.2. The number of benzene rings is 11. The second-order valence-corrected chi connectivity index (χ2v) is 30.5. The van der Waals surface area contributed by atoms with E-state index in [1.54, 1.807) is 68.0 Å². The van der Waals surface area contributed by atoms with Crippen LogP contribution in [0.5, 0.6) is 0 Å². The van der Waals surface area contributed by atoms with Crippen molar-refractivity contribution >= 4 is 198 Å². The molecule has 6 aromatic heterocycles. The van der Waals surface area contributed by atoms with Gasteiger partial charge in [-0.2, -0.15) is 0 Å². The van der Waals surface area contributed by atoms with Gasteiger partial charge in [0, 0.05) is 103 Å². The number of aromatic nitrogens is 6. The average molecular weight is 1480 g/mol. The maximum absolute atomic E-state index is 6.20. The minimum atomic E-state index is 0.770. The molecule has 516 valence electrons. The van der Waals surface area contributed by atoms with Crippen LogP contribution in [0.3, 0.4) is 0 Å². The van der Waals surface area contributed by atoms with Crippen LogP contribution in [0.4, 0.5) is 64.9 Å². The van der Waals surface area contributed by atoms with Crippen LogP contribution in [-0.4, -0.2) is 29.9 Å². The van der Waals surface area contributed by atoms with Crippen molar-refractivity contribution in [2.24, 2.45) is 0 Å². The van der Waals surface area contributed by atoms with E-state index in [1.807, 2.05) is 93.4 Å². The monoisotopic (exact) mass is 1480 g/mol. The molecule has 0 fully saturated rings. The van der Waals surface area contributed by atoms with Crippen molar-refractivity contribution in [3.8, 4) is 0 Å². The fourth-order valence-electron chi connectivity index (χ4n) is 11.0. The minimum Gasteiger partial charge on any atom is -0.331 e. The van der Waals surface area contributed by atoms with Gasteiger partial charge in [0.05, 0.1) is 34.2 Å². The first-order chi connectivity index (χ1) is 50.0. The molecule has 11 aromatic carbocycles. The smallest absolute Gasteiger partial charge is 0.187 e. The molecule has 0 aliphatic carbocycles. The third-order valence-corrected chi connectivity index (χ3v) is 22.4. The molecular weight excluding hydrogens is 1400 g/mol. The van der Waals surface area contributed by atoms with Crippen molar-refractivity contribution in [2.75, 3.05) is 31.9 Å². The van der Waals surface area contributed by atoms with Gasteiger partial charge >= 0.3 is 0 Å². The molecule has 0 saturated carbocycles. The lowest BCUT2D eigenvalue weighted by atomic mass is 10.1. The van der Waals surface area contributed by atoms with Crippen LogP contribution >= 0.6 is 79.6 Å². The van der Waals surface area contributed by atoms with E-state index in [9.17, 15) is 0 Å². The number of nitrogens with zero attached hydrogens (tertiary/aromatic N) is 6. The van der Waals surface area contributed by atoms with Gasteiger partial charge in [-0.15, -0.1) is 68.0 Å². The molecule has 0 radical (unpaired) electrons. The highest BCUT2D eigenvalue weighted by Crippen LogP contribution is 2.36. The normalized spacial score (nSPS) is 10.7. The molecule has 6 heterocycles. The van der Waals surface area contributed by atoms with Crippen molar-refractivity contribution < 1.29 is 0 Å². The molecule has 0 atom stereocenters. The van der Waals surface area contributed by atoms with Crippen LogP contribution in [-0.2, 0) is 0 Å². The predicted molar refractivity (Wildman–Crippen MR) is 451 cm³/mol. The van der Waals surface area contributed by atoms with E-state index in [-0.39, 0.29) is 0 Å². The van der Waals surface area contributed by atoms with E-state index in [2.05, 4.69) is 284 Å². The summed E-state index contributed by atoms with van der Waals surface area (Å²) in [7, 11) is 0. The Morgan fingerprint density at radius 2 is 0.524 bits per heavy atom. The van der Waals surface area contributed by atoms with Gasteiger partial charge in [-0.25, -0.2) is 29.9 Å². The van der Waals surface area contributed by atoms with Crippen molar-refractivity contribution in [1.82, 2.24) is 29.9 Å². The Hall–Kier alpha value is -10.4. The van der Waals surface area contributed by atoms with Crippen LogP contribution in [0, 0.1) is 69.2 Å². The first-order valence-corrected chi connectivity index (χ1v) is 38.9. The summed E-state index contributed by atoms with van der Waals surface area (Å²) in [6.45, 7) is 20.5. The molecule has 17 aromatic rings. The van der Waals surface area contributed by atoms with Crippen LogP contribution in [0.15, 0.2) is 246 Å². The van der Waals surface area contributed by atoms with Gasteiger partial charge in [0.1, 0.15) is 0 Å². The van der Waals surface area contributed by atoms with E-state index in [4.69, 9.17) is 11.6 Å². The molecule has 0 saturated heterocycles. The number of hydrogen-bond donors (Lipinski definition) is 6. The second kappa shape index (κ2) is 34.5. The number of rotatable bonds is 12. The highest BCUT2D eigenvalue weighted by Gasteiger charge is 2.12. The molecule has 6 N–H and O–H groups in total. The van der Waals surface area contributed by atoms with Crippen LogP contribution < -0.4 is 31.9 Å². The summed E-state index contributed by atoms with van der Waals surface area (Å²) < 4.78 is 0. The quantitative estimate of drug-likeness (QED) is 0.0691. The summed E-state index contributed by atoms with van der Waals surface area (Å²) >= 11 is 16.1. The van der Waals surface area contributed by atoms with Gasteiger partial charge < -0.3 is 31.9 Å². The zero-order chi connectivity index (χ0) is 71.8. The SMILES string of the molecule is Cc1csc(Nc2ccc(Cl)c3ccccc23)n1.Cc1csc(Nc2cccc(C)c2C)n1.Cc1csc(Nc2cccc3ccccc23)n1.Cc1csc(Nc2cccc3ccccc23)n1.Cc1nc(Nc2cccc3ccccc23)sc1C.Cc1nc(Nc2cccc3ccccc23)sc1C. The van der Waals surface area contributed by atoms with Gasteiger partial charge in [0.15, 0.2) is 30.8 Å². The van der Waals surface area contributed by atoms with Gasteiger partial charge in [-0.1, -0.05) is 194 Å². The standard InChI is InChI=1S/2C15H14N2S.C14H11ClN2S.2C14H12N2S.C12H14N2S/c2*1-10-11(2)18-15(16-10)17-14-9-5-7-12-6-3-4-8-13(12)14;1-9-8-18-14(16-9)17-13-7-6-12(15)10-4-2-3-5-11(10)13;2*1-10-9-17-14(15-10)16-13-8-4-6-11-5-2-3-7-12(11)13;1-8-5-4-6-11(10(8)3)14-12-13-9(2)7-15-12/h2*3-9H,1-2H3,(H,16,17);2-8H,1H3,(H,16,17);2*2-9H,1H3,(H,15,16);4-7H,1-3H3,(H,13,14). The predicted octanol–water partition coefficient (Wildman–Crippen LogP) is 26.8. The fraction of sp³-hybridized carbons (Fsp3) is 0.119. The lowest BCUT2D eigenvalue weighted by Crippen LogP contribution is -1.94. The molecule has 0 spiro atoms. The Kier molecular flexibility index (Phi) is 24.2. The van der Waals surface area contributed by atoms with Crippen LogP contribution in [0.25, 0.3) is 53.9 Å². The molecule has 12 nitrogen and oxygen atoms in total. The van der Waals surface area contributed by atoms with Crippen LogP contribution in [0.2, 0.25) is 5.02 Å². The highest BCUT2D eigenvalue weighted by molar-refractivity contribution is 7.16. The zero-order valence-corrected chi connectivity index (χ0v) is 64.3. The molecule has 19 heteroatoms.